The number of nitrogens with one attached hydrogen (secondary N) is 2. The van der Waals surface area contributed by atoms with E-state index < -0.39 is 4.92 Å². The number of methoxy groups -OCH3 is 1. The fourth-order valence-electron chi connectivity index (χ4n) is 3.02. The van der Waals surface area contributed by atoms with Gasteiger partial charge in [0.2, 0.25) is 11.6 Å². The van der Waals surface area contributed by atoms with E-state index in [-0.39, 0.29) is 17.3 Å². The minimum absolute atomic E-state index is 0.0711. The van der Waals surface area contributed by atoms with Gasteiger partial charge in [0, 0.05) is 16.8 Å². The third-order valence-corrected chi connectivity index (χ3v) is 4.47. The normalized spacial score (nSPS) is 10.6. The Kier molecular flexibility index (Phi) is 5.08. The summed E-state index contributed by atoms with van der Waals surface area (Å²) in [5.41, 5.74) is 2.53. The van der Waals surface area contributed by atoms with Crippen LogP contribution < -0.4 is 15.4 Å². The second-order valence-corrected chi connectivity index (χ2v) is 6.49. The molecule has 0 aliphatic rings. The number of hydrogen-bond acceptors (Lipinski definition) is 8. The van der Waals surface area contributed by atoms with E-state index in [1.54, 1.807) is 37.4 Å². The van der Waals surface area contributed by atoms with Gasteiger partial charge < -0.3 is 15.4 Å². The Morgan fingerprint density at radius 3 is 2.40 bits per heavy atom. The molecule has 0 aliphatic carbocycles. The molecule has 0 atom stereocenters. The van der Waals surface area contributed by atoms with Crippen LogP contribution in [0.3, 0.4) is 0 Å². The number of fused-ring (bicyclic) bond motifs is 1. The predicted molar refractivity (Wildman–Crippen MR) is 115 cm³/mol. The van der Waals surface area contributed by atoms with Crippen LogP contribution in [0.4, 0.5) is 28.7 Å². The minimum Gasteiger partial charge on any atom is -0.497 e. The summed E-state index contributed by atoms with van der Waals surface area (Å²) in [6, 6.07) is 16.4. The molecule has 0 unspecified atom stereocenters. The zero-order chi connectivity index (χ0) is 21.1. The third kappa shape index (κ3) is 3.81. The van der Waals surface area contributed by atoms with Crippen LogP contribution >= 0.6 is 0 Å². The van der Waals surface area contributed by atoms with Crippen LogP contribution in [-0.4, -0.2) is 27.0 Å². The molecular weight excluding hydrogens is 384 g/mol. The number of para-hydroxylation sites is 1. The van der Waals surface area contributed by atoms with E-state index >= 15 is 0 Å². The van der Waals surface area contributed by atoms with Crippen molar-refractivity contribution in [3.63, 3.8) is 0 Å². The van der Waals surface area contributed by atoms with Gasteiger partial charge in [-0.2, -0.15) is 0 Å². The predicted octanol–water partition coefficient (Wildman–Crippen LogP) is 4.74. The molecule has 4 aromatic rings. The number of hydrogen-bond donors (Lipinski definition) is 2. The fraction of sp³-hybridized carbons (Fsp3) is 0.0952. The first-order chi connectivity index (χ1) is 14.5. The third-order valence-electron chi connectivity index (χ3n) is 4.47. The van der Waals surface area contributed by atoms with Gasteiger partial charge in [-0.1, -0.05) is 18.2 Å². The Labute approximate surface area is 171 Å². The van der Waals surface area contributed by atoms with E-state index in [9.17, 15) is 10.1 Å². The number of nitrogens with zero attached hydrogens (tertiary/aromatic N) is 4. The SMILES string of the molecule is COc1ccc(Nc2ncnc(Nc3cccc4ccc(C)nc34)c2[N+](=O)[O-])cc1. The Balaban J connectivity index is 1.73. The van der Waals surface area contributed by atoms with Crippen molar-refractivity contribution >= 4 is 39.6 Å². The second-order valence-electron chi connectivity index (χ2n) is 6.49. The first-order valence-corrected chi connectivity index (χ1v) is 9.09. The van der Waals surface area contributed by atoms with Crippen molar-refractivity contribution in [3.8, 4) is 5.75 Å². The van der Waals surface area contributed by atoms with Gasteiger partial charge in [-0.25, -0.2) is 9.97 Å². The monoisotopic (exact) mass is 402 g/mol. The smallest absolute Gasteiger partial charge is 0.353 e. The Morgan fingerprint density at radius 1 is 0.967 bits per heavy atom. The minimum atomic E-state index is -0.516. The van der Waals surface area contributed by atoms with Crippen molar-refractivity contribution in [1.82, 2.24) is 15.0 Å². The first-order valence-electron chi connectivity index (χ1n) is 9.09. The maximum atomic E-state index is 11.9. The average Bonchev–Trinajstić information content (AvgIpc) is 2.74. The lowest BCUT2D eigenvalue weighted by molar-refractivity contribution is -0.383. The summed E-state index contributed by atoms with van der Waals surface area (Å²) in [5.74, 6) is 0.827. The number of anilines is 4. The van der Waals surface area contributed by atoms with Gasteiger partial charge in [-0.3, -0.25) is 15.1 Å². The van der Waals surface area contributed by atoms with Crippen LogP contribution in [0.1, 0.15) is 5.69 Å². The number of benzene rings is 2. The van der Waals surface area contributed by atoms with Crippen molar-refractivity contribution in [2.75, 3.05) is 17.7 Å². The first kappa shape index (κ1) is 19.1. The van der Waals surface area contributed by atoms with E-state index in [0.717, 1.165) is 11.1 Å². The molecule has 2 aromatic carbocycles. The van der Waals surface area contributed by atoms with Gasteiger partial charge in [-0.15, -0.1) is 0 Å². The summed E-state index contributed by atoms with van der Waals surface area (Å²) in [7, 11) is 1.57. The standard InChI is InChI=1S/C21H18N6O3/c1-13-6-7-14-4-3-5-17(18(14)24-13)26-21-19(27(28)29)20(22-12-23-21)25-15-8-10-16(30-2)11-9-15/h3-12H,1-2H3,(H2,22,23,25,26). The number of rotatable bonds is 6. The quantitative estimate of drug-likeness (QED) is 0.351. The van der Waals surface area contributed by atoms with Gasteiger partial charge in [0.15, 0.2) is 0 Å². The molecule has 2 heterocycles. The van der Waals surface area contributed by atoms with Crippen LogP contribution in [0, 0.1) is 17.0 Å². The summed E-state index contributed by atoms with van der Waals surface area (Å²) >= 11 is 0. The molecule has 0 bridgehead atoms. The highest BCUT2D eigenvalue weighted by Crippen LogP contribution is 2.34. The van der Waals surface area contributed by atoms with Crippen LogP contribution in [0.2, 0.25) is 0 Å². The van der Waals surface area contributed by atoms with E-state index in [1.807, 2.05) is 31.2 Å². The number of aromatic nitrogens is 3. The van der Waals surface area contributed by atoms with E-state index in [4.69, 9.17) is 4.74 Å². The molecule has 4 rings (SSSR count). The molecule has 0 fully saturated rings. The van der Waals surface area contributed by atoms with Crippen LogP contribution in [0.25, 0.3) is 10.9 Å². The van der Waals surface area contributed by atoms with Crippen molar-refractivity contribution in [2.45, 2.75) is 6.92 Å². The molecule has 30 heavy (non-hydrogen) atoms. The van der Waals surface area contributed by atoms with Gasteiger partial charge in [0.1, 0.15) is 12.1 Å². The largest absolute Gasteiger partial charge is 0.497 e. The van der Waals surface area contributed by atoms with Crippen molar-refractivity contribution in [2.24, 2.45) is 0 Å². The Bertz CT molecular complexity index is 1230. The number of aryl methyl sites for hydroxylation is 1. The van der Waals surface area contributed by atoms with Crippen LogP contribution in [0.5, 0.6) is 5.75 Å². The second kappa shape index (κ2) is 8.00. The van der Waals surface area contributed by atoms with Crippen LogP contribution in [-0.2, 0) is 0 Å². The molecule has 0 saturated carbocycles. The highest BCUT2D eigenvalue weighted by atomic mass is 16.6. The van der Waals surface area contributed by atoms with Gasteiger partial charge in [0.05, 0.1) is 23.2 Å². The molecule has 0 amide bonds. The summed E-state index contributed by atoms with van der Waals surface area (Å²) in [6.07, 6.45) is 1.27. The molecule has 0 aliphatic heterocycles. The lowest BCUT2D eigenvalue weighted by Gasteiger charge is -2.12. The molecule has 9 nitrogen and oxygen atoms in total. The molecule has 0 saturated heterocycles. The van der Waals surface area contributed by atoms with Crippen molar-refractivity contribution < 1.29 is 9.66 Å². The molecule has 0 spiro atoms. The van der Waals surface area contributed by atoms with E-state index in [2.05, 4.69) is 25.6 Å². The van der Waals surface area contributed by atoms with Crippen LogP contribution in [0.15, 0.2) is 60.9 Å². The van der Waals surface area contributed by atoms with Gasteiger partial charge in [0.25, 0.3) is 0 Å². The molecular formula is C21H18N6O3. The number of ether oxygens (including phenoxy) is 1. The zero-order valence-electron chi connectivity index (χ0n) is 16.3. The van der Waals surface area contributed by atoms with Crippen molar-refractivity contribution in [3.05, 3.63) is 76.7 Å². The number of pyridine rings is 1. The molecule has 150 valence electrons. The molecule has 0 radical (unpaired) electrons. The number of nitro groups is 1. The van der Waals surface area contributed by atoms with E-state index in [1.165, 1.54) is 6.33 Å². The van der Waals surface area contributed by atoms with Gasteiger partial charge >= 0.3 is 5.69 Å². The summed E-state index contributed by atoms with van der Waals surface area (Å²) < 4.78 is 5.13. The van der Waals surface area contributed by atoms with Gasteiger partial charge in [-0.05, 0) is 43.3 Å². The highest BCUT2D eigenvalue weighted by Gasteiger charge is 2.24. The lowest BCUT2D eigenvalue weighted by Crippen LogP contribution is -2.06. The Morgan fingerprint density at radius 2 is 1.70 bits per heavy atom. The summed E-state index contributed by atoms with van der Waals surface area (Å²) in [5, 5.41) is 18.8. The molecule has 2 N–H and O–H groups in total. The Hall–Kier alpha value is -4.27. The summed E-state index contributed by atoms with van der Waals surface area (Å²) in [4.78, 5) is 24.1. The fourth-order valence-corrected chi connectivity index (χ4v) is 3.02. The maximum Gasteiger partial charge on any atom is 0.353 e. The molecule has 2 aromatic heterocycles. The lowest BCUT2D eigenvalue weighted by atomic mass is 10.1. The van der Waals surface area contributed by atoms with E-state index in [0.29, 0.717) is 22.6 Å². The highest BCUT2D eigenvalue weighted by molar-refractivity contribution is 5.93. The molecule has 9 heteroatoms. The maximum absolute atomic E-state index is 11.9. The summed E-state index contributed by atoms with van der Waals surface area (Å²) in [6.45, 7) is 1.89. The van der Waals surface area contributed by atoms with Crippen molar-refractivity contribution in [1.29, 1.82) is 0 Å². The topological polar surface area (TPSA) is 115 Å². The average molecular weight is 402 g/mol. The zero-order valence-corrected chi connectivity index (χ0v) is 16.3.